The number of hydrogen-bond acceptors (Lipinski definition) is 5. The van der Waals surface area contributed by atoms with Gasteiger partial charge in [-0.15, -0.1) is 15.3 Å². The molecule has 1 aromatic heterocycles. The van der Waals surface area contributed by atoms with E-state index in [0.29, 0.717) is 0 Å². The number of hydrogen-bond donors (Lipinski definition) is 0. The predicted octanol–water partition coefficient (Wildman–Crippen LogP) is -1.96. The fraction of sp³-hybridized carbons (Fsp3) is 0. The van der Waals surface area contributed by atoms with Crippen LogP contribution in [0.2, 0.25) is 0 Å². The molecule has 0 bridgehead atoms. The summed E-state index contributed by atoms with van der Waals surface area (Å²) in [7, 11) is -4.94. The van der Waals surface area contributed by atoms with E-state index in [0.717, 1.165) is 5.52 Å². The molecule has 1 heterocycles. The van der Waals surface area contributed by atoms with Gasteiger partial charge in [0.15, 0.2) is 0 Å². The molecule has 1 N–H and O–H groups in total. The Morgan fingerprint density at radius 1 is 0.762 bits per heavy atom. The number of rotatable bonds is 0. The second-order valence-corrected chi connectivity index (χ2v) is 5.21. The molecule has 106 valence electrons. The van der Waals surface area contributed by atoms with Crippen molar-refractivity contribution in [2.75, 3.05) is 0 Å². The lowest BCUT2D eigenvalue weighted by Crippen LogP contribution is -2.68. The van der Waals surface area contributed by atoms with Crippen molar-refractivity contribution in [1.29, 1.82) is 0 Å². The Morgan fingerprint density at radius 2 is 1.33 bits per heavy atom. The maximum Gasteiger partial charge on any atom is 0.201 e. The molecule has 0 spiro atoms. The molecule has 0 unspecified atom stereocenters. The van der Waals surface area contributed by atoms with Gasteiger partial charge >= 0.3 is 0 Å². The molecule has 0 aliphatic rings. The van der Waals surface area contributed by atoms with Gasteiger partial charge in [-0.1, -0.05) is 30.3 Å². The van der Waals surface area contributed by atoms with Gasteiger partial charge in [-0.2, -0.15) is 0 Å². The van der Waals surface area contributed by atoms with Gasteiger partial charge in [0.25, 0.3) is 0 Å². The van der Waals surface area contributed by atoms with Crippen LogP contribution >= 0.6 is 0 Å². The van der Waals surface area contributed by atoms with E-state index in [2.05, 4.69) is 52.7 Å². The van der Waals surface area contributed by atoms with Crippen LogP contribution < -0.4 is 23.7 Å². The standard InChI is InChI=1S/C14H8N2.ClHO4/c1-2-9-4-5-11-8-15-16-12-7-6-10(3-1)13(9)14(11)12;2-1(3,4)5/h1-8H;(H,2,3,4,5). The van der Waals surface area contributed by atoms with Crippen LogP contribution in [0.4, 0.5) is 0 Å². The van der Waals surface area contributed by atoms with Crippen LogP contribution in [0.5, 0.6) is 0 Å². The van der Waals surface area contributed by atoms with Crippen LogP contribution in [0.3, 0.4) is 0 Å². The maximum atomic E-state index is 8.49. The van der Waals surface area contributed by atoms with Crippen LogP contribution in [-0.4, -0.2) is 5.10 Å². The third-order valence-corrected chi connectivity index (χ3v) is 3.19. The Bertz CT molecular complexity index is 772. The summed E-state index contributed by atoms with van der Waals surface area (Å²) in [4.78, 5) is 0. The maximum absolute atomic E-state index is 8.49. The van der Waals surface area contributed by atoms with Crippen molar-refractivity contribution >= 4 is 32.4 Å². The second kappa shape index (κ2) is 5.03. The largest absolute Gasteiger partial charge is 0.222 e. The zero-order valence-corrected chi connectivity index (χ0v) is 11.3. The summed E-state index contributed by atoms with van der Waals surface area (Å²) in [5.41, 5.74) is 1.03. The summed E-state index contributed by atoms with van der Waals surface area (Å²) in [6.45, 7) is 0. The lowest BCUT2D eigenvalue weighted by Gasteiger charge is -2.17. The number of nitrogens with one attached hydrogen (secondary N) is 1. The Labute approximate surface area is 121 Å². The molecule has 6 nitrogen and oxygen atoms in total. The minimum absolute atomic E-state index is 1.03. The summed E-state index contributed by atoms with van der Waals surface area (Å²) in [5, 5.41) is 13.6. The normalized spacial score (nSPS) is 11.8. The van der Waals surface area contributed by atoms with Gasteiger partial charge in [-0.25, -0.2) is 18.6 Å². The molecule has 21 heavy (non-hydrogen) atoms. The van der Waals surface area contributed by atoms with Crippen molar-refractivity contribution in [3.63, 3.8) is 0 Å². The molecule has 0 saturated carbocycles. The van der Waals surface area contributed by atoms with Crippen LogP contribution in [0.1, 0.15) is 0 Å². The SMILES string of the molecule is [O-][Cl+3]([O-])([O-])[O-].c1cc2ccc3c[nH+]nc4ccc(c1)c2c34. The van der Waals surface area contributed by atoms with Gasteiger partial charge in [0.2, 0.25) is 6.20 Å². The number of benzene rings is 3. The highest BCUT2D eigenvalue weighted by atomic mass is 35.7. The first-order chi connectivity index (χ1) is 9.93. The molecule has 3 aromatic carbocycles. The minimum atomic E-state index is -4.94. The van der Waals surface area contributed by atoms with Crippen molar-refractivity contribution in [3.05, 3.63) is 48.7 Å². The molecule has 4 rings (SSSR count). The van der Waals surface area contributed by atoms with E-state index in [1.165, 1.54) is 26.9 Å². The van der Waals surface area contributed by atoms with Crippen molar-refractivity contribution in [2.45, 2.75) is 0 Å². The minimum Gasteiger partial charge on any atom is -0.222 e. The van der Waals surface area contributed by atoms with Gasteiger partial charge < -0.3 is 0 Å². The zero-order valence-electron chi connectivity index (χ0n) is 10.6. The van der Waals surface area contributed by atoms with E-state index >= 15 is 0 Å². The first-order valence-electron chi connectivity index (χ1n) is 5.96. The quantitative estimate of drug-likeness (QED) is 0.349. The number of nitrogens with zero attached hydrogens (tertiary/aromatic N) is 1. The van der Waals surface area contributed by atoms with Crippen molar-refractivity contribution in [1.82, 2.24) is 5.10 Å². The fourth-order valence-corrected chi connectivity index (χ4v) is 2.48. The Morgan fingerprint density at radius 3 is 2.00 bits per heavy atom. The average molecular weight is 305 g/mol. The number of aromatic amines is 1. The summed E-state index contributed by atoms with van der Waals surface area (Å²) in [6.07, 6.45) is 1.95. The Balaban J connectivity index is 0.000000233. The van der Waals surface area contributed by atoms with Crippen molar-refractivity contribution in [3.8, 4) is 0 Å². The monoisotopic (exact) mass is 304 g/mol. The smallest absolute Gasteiger partial charge is 0.201 e. The fourth-order valence-electron chi connectivity index (χ4n) is 2.48. The number of H-pyrrole nitrogens is 1. The zero-order chi connectivity index (χ0) is 15.0. The second-order valence-electron chi connectivity index (χ2n) is 4.46. The molecular formula is C14H9ClN2O4. The Hall–Kier alpha value is -2.09. The highest BCUT2D eigenvalue weighted by Crippen LogP contribution is 2.31. The molecule has 4 aromatic rings. The highest BCUT2D eigenvalue weighted by molar-refractivity contribution is 6.21. The molecule has 0 saturated heterocycles. The van der Waals surface area contributed by atoms with Gasteiger partial charge in [0, 0.05) is 5.39 Å². The first kappa shape index (κ1) is 13.9. The number of aromatic nitrogens is 2. The third kappa shape index (κ3) is 2.85. The molecule has 7 heteroatoms. The summed E-state index contributed by atoms with van der Waals surface area (Å²) >= 11 is 0. The van der Waals surface area contributed by atoms with E-state index in [1.54, 1.807) is 0 Å². The predicted molar refractivity (Wildman–Crippen MR) is 64.5 cm³/mol. The third-order valence-electron chi connectivity index (χ3n) is 3.19. The van der Waals surface area contributed by atoms with Crippen LogP contribution in [-0.2, 0) is 0 Å². The highest BCUT2D eigenvalue weighted by Gasteiger charge is 2.09. The molecule has 0 aliphatic carbocycles. The summed E-state index contributed by atoms with van der Waals surface area (Å²) < 4.78 is 34.0. The summed E-state index contributed by atoms with van der Waals surface area (Å²) in [6, 6.07) is 14.9. The number of halogens is 1. The van der Waals surface area contributed by atoms with Crippen molar-refractivity contribution in [2.24, 2.45) is 0 Å². The van der Waals surface area contributed by atoms with Crippen molar-refractivity contribution < 1.29 is 34.0 Å². The van der Waals surface area contributed by atoms with Crippen LogP contribution in [0, 0.1) is 10.2 Å². The molecule has 0 fully saturated rings. The van der Waals surface area contributed by atoms with E-state index in [1.807, 2.05) is 6.20 Å². The van der Waals surface area contributed by atoms with E-state index in [-0.39, 0.29) is 0 Å². The molecule has 0 aliphatic heterocycles. The lowest BCUT2D eigenvalue weighted by molar-refractivity contribution is -2.00. The van der Waals surface area contributed by atoms with Gasteiger partial charge in [0.1, 0.15) is 5.52 Å². The van der Waals surface area contributed by atoms with Crippen LogP contribution in [0.15, 0.2) is 48.7 Å². The molecular weight excluding hydrogens is 296 g/mol. The van der Waals surface area contributed by atoms with Crippen LogP contribution in [0.25, 0.3) is 32.4 Å². The van der Waals surface area contributed by atoms with E-state index in [9.17, 15) is 0 Å². The van der Waals surface area contributed by atoms with Gasteiger partial charge in [-0.3, -0.25) is 0 Å². The lowest BCUT2D eigenvalue weighted by atomic mass is 9.98. The Kier molecular flexibility index (Phi) is 3.32. The van der Waals surface area contributed by atoms with Gasteiger partial charge in [-0.05, 0) is 33.4 Å². The topological polar surface area (TPSA) is 119 Å². The van der Waals surface area contributed by atoms with E-state index < -0.39 is 10.2 Å². The molecule has 0 radical (unpaired) electrons. The van der Waals surface area contributed by atoms with Gasteiger partial charge in [0.05, 0.1) is 5.39 Å². The first-order valence-corrected chi connectivity index (χ1v) is 7.19. The molecule has 0 atom stereocenters. The molecule has 0 amide bonds. The van der Waals surface area contributed by atoms with E-state index in [4.69, 9.17) is 18.6 Å². The average Bonchev–Trinajstić information content (AvgIpc) is 2.43. The summed E-state index contributed by atoms with van der Waals surface area (Å²) in [5.74, 6) is 0.